The smallest absolute Gasteiger partial charge is 0.251 e. The second kappa shape index (κ2) is 10.4. The molecule has 0 spiro atoms. The molecular formula is C24H32N2O5S. The molecule has 1 atom stereocenters. The number of rotatable bonds is 9. The van der Waals surface area contributed by atoms with Gasteiger partial charge in [-0.2, -0.15) is 4.31 Å². The summed E-state index contributed by atoms with van der Waals surface area (Å²) in [6, 6.07) is 11.5. The summed E-state index contributed by atoms with van der Waals surface area (Å²) in [6.45, 7) is 7.64. The Kier molecular flexibility index (Phi) is 7.79. The Morgan fingerprint density at radius 3 is 2.44 bits per heavy atom. The molecule has 7 nitrogen and oxygen atoms in total. The van der Waals surface area contributed by atoms with Crippen LogP contribution in [0.3, 0.4) is 0 Å². The quantitative estimate of drug-likeness (QED) is 0.611. The van der Waals surface area contributed by atoms with Crippen molar-refractivity contribution in [3.63, 3.8) is 0 Å². The van der Waals surface area contributed by atoms with Gasteiger partial charge in [-0.3, -0.25) is 4.79 Å². The number of nitrogens with zero attached hydrogens (tertiary/aromatic N) is 1. The van der Waals surface area contributed by atoms with Gasteiger partial charge in [0.1, 0.15) is 0 Å². The number of amides is 1. The van der Waals surface area contributed by atoms with E-state index in [0.717, 1.165) is 18.4 Å². The molecule has 1 unspecified atom stereocenters. The lowest BCUT2D eigenvalue weighted by atomic mass is 10.1. The molecule has 2 aromatic rings. The Balaban J connectivity index is 1.73. The van der Waals surface area contributed by atoms with Crippen molar-refractivity contribution in [2.24, 2.45) is 5.92 Å². The lowest BCUT2D eigenvalue weighted by Gasteiger charge is -2.18. The van der Waals surface area contributed by atoms with Crippen LogP contribution in [-0.4, -0.2) is 45.4 Å². The monoisotopic (exact) mass is 460 g/mol. The SMILES string of the molecule is COc1cc(C(C)NC(=O)c2cccc(S(=O)(=O)N3CCCC3)c2)ccc1OCC(C)C. The van der Waals surface area contributed by atoms with Crippen LogP contribution in [-0.2, 0) is 10.0 Å². The van der Waals surface area contributed by atoms with Crippen LogP contribution in [0.2, 0.25) is 0 Å². The molecule has 2 aromatic carbocycles. The van der Waals surface area contributed by atoms with Crippen LogP contribution in [0.15, 0.2) is 47.4 Å². The van der Waals surface area contributed by atoms with Gasteiger partial charge in [0.25, 0.3) is 5.91 Å². The zero-order chi connectivity index (χ0) is 23.3. The summed E-state index contributed by atoms with van der Waals surface area (Å²) in [4.78, 5) is 13.0. The maximum absolute atomic E-state index is 12.9. The predicted octanol–water partition coefficient (Wildman–Crippen LogP) is 4.01. The molecule has 0 bridgehead atoms. The maximum atomic E-state index is 12.9. The maximum Gasteiger partial charge on any atom is 0.251 e. The van der Waals surface area contributed by atoms with Crippen molar-refractivity contribution in [3.8, 4) is 11.5 Å². The third kappa shape index (κ3) is 5.61. The predicted molar refractivity (Wildman–Crippen MR) is 124 cm³/mol. The fourth-order valence-corrected chi connectivity index (χ4v) is 5.13. The lowest BCUT2D eigenvalue weighted by molar-refractivity contribution is 0.0939. The van der Waals surface area contributed by atoms with E-state index >= 15 is 0 Å². The standard InChI is InChI=1S/C24H32N2O5S/c1-17(2)16-31-22-11-10-19(15-23(22)30-4)18(3)25-24(27)20-8-7-9-21(14-20)32(28,29)26-12-5-6-13-26/h7-11,14-15,17-18H,5-6,12-13,16H2,1-4H3,(H,25,27). The topological polar surface area (TPSA) is 84.9 Å². The Morgan fingerprint density at radius 2 is 1.78 bits per heavy atom. The summed E-state index contributed by atoms with van der Waals surface area (Å²) in [5.41, 5.74) is 1.16. The Morgan fingerprint density at radius 1 is 1.06 bits per heavy atom. The highest BCUT2D eigenvalue weighted by molar-refractivity contribution is 7.89. The minimum absolute atomic E-state index is 0.146. The molecule has 0 saturated carbocycles. The molecule has 8 heteroatoms. The molecule has 1 fully saturated rings. The van der Waals surface area contributed by atoms with Crippen molar-refractivity contribution < 1.29 is 22.7 Å². The first-order chi connectivity index (χ1) is 15.2. The van der Waals surface area contributed by atoms with E-state index in [1.165, 1.54) is 16.4 Å². The number of carbonyl (C=O) groups excluding carboxylic acids is 1. The van der Waals surface area contributed by atoms with Crippen LogP contribution in [0.1, 0.15) is 55.6 Å². The molecule has 174 valence electrons. The summed E-state index contributed by atoms with van der Waals surface area (Å²) >= 11 is 0. The van der Waals surface area contributed by atoms with Gasteiger partial charge in [0.2, 0.25) is 10.0 Å². The summed E-state index contributed by atoms with van der Waals surface area (Å²) < 4.78 is 38.4. The molecule has 0 radical (unpaired) electrons. The Bertz CT molecular complexity index is 1050. The largest absolute Gasteiger partial charge is 0.493 e. The number of methoxy groups -OCH3 is 1. The van der Waals surface area contributed by atoms with E-state index in [2.05, 4.69) is 19.2 Å². The minimum atomic E-state index is -3.58. The number of carbonyl (C=O) groups is 1. The lowest BCUT2D eigenvalue weighted by Crippen LogP contribution is -2.29. The third-order valence-electron chi connectivity index (χ3n) is 5.41. The van der Waals surface area contributed by atoms with Crippen LogP contribution in [0.4, 0.5) is 0 Å². The van der Waals surface area contributed by atoms with Gasteiger partial charge < -0.3 is 14.8 Å². The molecule has 32 heavy (non-hydrogen) atoms. The van der Waals surface area contributed by atoms with Gasteiger partial charge in [0.05, 0.1) is 24.7 Å². The highest BCUT2D eigenvalue weighted by atomic mass is 32.2. The molecule has 1 N–H and O–H groups in total. The van der Waals surface area contributed by atoms with E-state index in [1.807, 2.05) is 25.1 Å². The second-order valence-corrected chi connectivity index (χ2v) is 10.4. The summed E-state index contributed by atoms with van der Waals surface area (Å²) in [6.07, 6.45) is 1.73. The molecular weight excluding hydrogens is 428 g/mol. The highest BCUT2D eigenvalue weighted by Crippen LogP contribution is 2.31. The van der Waals surface area contributed by atoms with Gasteiger partial charge in [-0.05, 0) is 61.6 Å². The van der Waals surface area contributed by atoms with E-state index < -0.39 is 10.0 Å². The van der Waals surface area contributed by atoms with Crippen LogP contribution in [0, 0.1) is 5.92 Å². The summed E-state index contributed by atoms with van der Waals surface area (Å²) in [5, 5.41) is 2.94. The van der Waals surface area contributed by atoms with Crippen molar-refractivity contribution in [2.45, 2.75) is 44.6 Å². The third-order valence-corrected chi connectivity index (χ3v) is 7.30. The Labute approximate surface area is 190 Å². The number of sulfonamides is 1. The zero-order valence-corrected chi connectivity index (χ0v) is 19.9. The van der Waals surface area contributed by atoms with E-state index in [0.29, 0.717) is 42.7 Å². The molecule has 1 heterocycles. The number of benzene rings is 2. The van der Waals surface area contributed by atoms with Crippen molar-refractivity contribution in [3.05, 3.63) is 53.6 Å². The fourth-order valence-electron chi connectivity index (χ4n) is 3.57. The normalized spacial score (nSPS) is 15.5. The van der Waals surface area contributed by atoms with Gasteiger partial charge in [-0.15, -0.1) is 0 Å². The minimum Gasteiger partial charge on any atom is -0.493 e. The molecule has 1 amide bonds. The number of hydrogen-bond donors (Lipinski definition) is 1. The molecule has 0 aliphatic carbocycles. The van der Waals surface area contributed by atoms with Crippen LogP contribution in [0.25, 0.3) is 0 Å². The molecule has 1 aliphatic rings. The van der Waals surface area contributed by atoms with Crippen LogP contribution in [0.5, 0.6) is 11.5 Å². The average Bonchev–Trinajstić information content (AvgIpc) is 3.33. The van der Waals surface area contributed by atoms with E-state index in [-0.39, 0.29) is 16.8 Å². The van der Waals surface area contributed by atoms with Crippen molar-refractivity contribution in [1.29, 1.82) is 0 Å². The first-order valence-electron chi connectivity index (χ1n) is 10.9. The van der Waals surface area contributed by atoms with Crippen LogP contribution < -0.4 is 14.8 Å². The molecule has 0 aromatic heterocycles. The number of nitrogens with one attached hydrogen (secondary N) is 1. The highest BCUT2D eigenvalue weighted by Gasteiger charge is 2.27. The summed E-state index contributed by atoms with van der Waals surface area (Å²) in [5.74, 6) is 1.31. The Hall–Kier alpha value is -2.58. The fraction of sp³-hybridized carbons (Fsp3) is 0.458. The van der Waals surface area contributed by atoms with E-state index in [4.69, 9.17) is 9.47 Å². The first kappa shape index (κ1) is 24.1. The van der Waals surface area contributed by atoms with Crippen molar-refractivity contribution in [2.75, 3.05) is 26.8 Å². The average molecular weight is 461 g/mol. The van der Waals surface area contributed by atoms with E-state index in [9.17, 15) is 13.2 Å². The first-order valence-corrected chi connectivity index (χ1v) is 12.4. The van der Waals surface area contributed by atoms with Gasteiger partial charge in [-0.25, -0.2) is 8.42 Å². The van der Waals surface area contributed by atoms with Crippen LogP contribution >= 0.6 is 0 Å². The van der Waals surface area contributed by atoms with Gasteiger partial charge in [-0.1, -0.05) is 26.0 Å². The number of hydrogen-bond acceptors (Lipinski definition) is 5. The van der Waals surface area contributed by atoms with E-state index in [1.54, 1.807) is 19.2 Å². The number of ether oxygens (including phenoxy) is 2. The second-order valence-electron chi connectivity index (χ2n) is 8.45. The zero-order valence-electron chi connectivity index (χ0n) is 19.1. The van der Waals surface area contributed by atoms with Gasteiger partial charge >= 0.3 is 0 Å². The van der Waals surface area contributed by atoms with Crippen molar-refractivity contribution >= 4 is 15.9 Å². The van der Waals surface area contributed by atoms with Gasteiger partial charge in [0, 0.05) is 18.7 Å². The molecule has 1 aliphatic heterocycles. The molecule has 1 saturated heterocycles. The molecule has 3 rings (SSSR count). The van der Waals surface area contributed by atoms with Gasteiger partial charge in [0.15, 0.2) is 11.5 Å². The summed E-state index contributed by atoms with van der Waals surface area (Å²) in [7, 11) is -2.00. The van der Waals surface area contributed by atoms with Crippen molar-refractivity contribution in [1.82, 2.24) is 9.62 Å².